The number of carbonyl (C=O) groups excluding carboxylic acids is 3. The molecule has 5 aromatic rings. The number of fused-ring (bicyclic) bond motifs is 5. The largest absolute Gasteiger partial charge is 0.508 e. The second-order valence-electron chi connectivity index (χ2n) is 20.8. The quantitative estimate of drug-likeness (QED) is 0.122. The summed E-state index contributed by atoms with van der Waals surface area (Å²) in [6.45, 7) is 9.56. The predicted octanol–water partition coefficient (Wildman–Crippen LogP) is 6.62. The Morgan fingerprint density at radius 2 is 1.59 bits per heavy atom. The van der Waals surface area contributed by atoms with E-state index in [2.05, 4.69) is 41.3 Å². The maximum Gasteiger partial charge on any atom is 0.319 e. The number of halogens is 4. The standard InChI is InChI=1S/C52H55ClF3N9O5/c53-45-39(54)6-1-30-20-35(66)21-37(43(30)45)44-40(55)22-38-47(46(44)56)59-51(60-48(38)64-25-32-2-3-33(26-64)57-32)70-28-52(11-12-52)27-62-13-9-29(10-14-62)23-61-15-17-63(18-16-61)34-4-5-36-31(19-34)24-65(50(36)69)41-7-8-42(67)58-49(41)68/h1,4-6,19-22,29,32-33,41,57,66H,2-3,7-18,23-28H2,(H,58,67,68)/t32?,33?,41-/m0/s1. The number of hydrogen-bond acceptors (Lipinski definition) is 12. The van der Waals surface area contributed by atoms with Crippen LogP contribution in [0.4, 0.5) is 24.7 Å². The number of phenols is 1. The monoisotopic (exact) mass is 977 g/mol. The van der Waals surface area contributed by atoms with E-state index < -0.39 is 35.0 Å². The van der Waals surface area contributed by atoms with Crippen LogP contribution in [-0.2, 0) is 16.1 Å². The molecule has 12 rings (SSSR count). The second kappa shape index (κ2) is 17.8. The number of benzene rings is 4. The summed E-state index contributed by atoms with van der Waals surface area (Å²) in [5, 5.41) is 16.9. The lowest BCUT2D eigenvalue weighted by atomic mass is 9.94. The van der Waals surface area contributed by atoms with Crippen molar-refractivity contribution in [3.8, 4) is 22.9 Å². The maximum atomic E-state index is 17.1. The van der Waals surface area contributed by atoms with Gasteiger partial charge in [0.15, 0.2) is 5.82 Å². The highest BCUT2D eigenvalue weighted by atomic mass is 35.5. The molecule has 2 unspecified atom stereocenters. The van der Waals surface area contributed by atoms with Crippen molar-refractivity contribution in [1.29, 1.82) is 0 Å². The van der Waals surface area contributed by atoms with Crippen LogP contribution in [0, 0.1) is 28.8 Å². The number of aromatic nitrogens is 2. The van der Waals surface area contributed by atoms with E-state index in [1.807, 2.05) is 12.1 Å². The van der Waals surface area contributed by atoms with Gasteiger partial charge in [-0.3, -0.25) is 24.6 Å². The van der Waals surface area contributed by atoms with Crippen LogP contribution in [0.3, 0.4) is 0 Å². The Bertz CT molecular complexity index is 2950. The minimum absolute atomic E-state index is 0.0162. The molecule has 2 bridgehead atoms. The van der Waals surface area contributed by atoms with Crippen molar-refractivity contribution in [3.05, 3.63) is 82.1 Å². The molecule has 7 heterocycles. The van der Waals surface area contributed by atoms with Gasteiger partial charge in [0.05, 0.1) is 17.2 Å². The van der Waals surface area contributed by atoms with Gasteiger partial charge in [-0.05, 0) is 117 Å². The number of piperazine rings is 2. The molecule has 3 N–H and O–H groups in total. The van der Waals surface area contributed by atoms with E-state index in [0.29, 0.717) is 55.3 Å². The molecule has 4 aromatic carbocycles. The fourth-order valence-electron chi connectivity index (χ4n) is 12.1. The number of hydrogen-bond donors (Lipinski definition) is 3. The highest BCUT2D eigenvalue weighted by Gasteiger charge is 2.46. The van der Waals surface area contributed by atoms with Gasteiger partial charge in [-0.2, -0.15) is 9.97 Å². The number of phenolic OH excluding ortho intramolecular Hbond substituents is 1. The molecule has 18 heteroatoms. The average molecular weight is 979 g/mol. The Morgan fingerprint density at radius 1 is 0.814 bits per heavy atom. The van der Waals surface area contributed by atoms with Crippen molar-refractivity contribution in [1.82, 2.24) is 35.3 Å². The first-order valence-electron chi connectivity index (χ1n) is 24.8. The van der Waals surface area contributed by atoms with Crippen LogP contribution in [-0.4, -0.2) is 138 Å². The van der Waals surface area contributed by atoms with E-state index >= 15 is 8.78 Å². The molecule has 5 saturated heterocycles. The number of piperidine rings is 2. The zero-order valence-electron chi connectivity index (χ0n) is 38.8. The second-order valence-corrected chi connectivity index (χ2v) is 21.2. The summed E-state index contributed by atoms with van der Waals surface area (Å²) in [6.07, 6.45) is 6.77. The van der Waals surface area contributed by atoms with Gasteiger partial charge in [0, 0.05) is 110 Å². The SMILES string of the molecule is O=C1CC[C@H](N2Cc3cc(N4CCN(CC5CCN(CC6(COc7nc(N8CC9CCC(C8)N9)c8cc(F)c(-c9cc(O)cc%10ccc(F)c(Cl)c9%10)c(F)c8n7)CC6)CC5)CC4)ccc3C2=O)C(=O)N1. The third-order valence-electron chi connectivity index (χ3n) is 16.1. The van der Waals surface area contributed by atoms with Crippen molar-refractivity contribution in [3.63, 3.8) is 0 Å². The van der Waals surface area contributed by atoms with Gasteiger partial charge >= 0.3 is 6.01 Å². The molecule has 1 aromatic heterocycles. The summed E-state index contributed by atoms with van der Waals surface area (Å²) in [4.78, 5) is 58.1. The minimum Gasteiger partial charge on any atom is -0.508 e. The van der Waals surface area contributed by atoms with Gasteiger partial charge in [0.25, 0.3) is 5.91 Å². The lowest BCUT2D eigenvalue weighted by Gasteiger charge is -2.40. The van der Waals surface area contributed by atoms with E-state index in [1.54, 1.807) is 4.90 Å². The minimum atomic E-state index is -0.973. The number of likely N-dealkylation sites (tertiary alicyclic amines) is 1. The smallest absolute Gasteiger partial charge is 0.319 e. The van der Waals surface area contributed by atoms with Crippen molar-refractivity contribution >= 4 is 62.5 Å². The van der Waals surface area contributed by atoms with E-state index in [0.717, 1.165) is 108 Å². The Balaban J connectivity index is 0.687. The van der Waals surface area contributed by atoms with Gasteiger partial charge in [-0.25, -0.2) is 13.2 Å². The summed E-state index contributed by atoms with van der Waals surface area (Å²) in [7, 11) is 0. The van der Waals surface area contributed by atoms with Crippen molar-refractivity contribution in [2.45, 2.75) is 76.0 Å². The molecule has 3 amide bonds. The number of aromatic hydroxyl groups is 1. The predicted molar refractivity (Wildman–Crippen MR) is 259 cm³/mol. The summed E-state index contributed by atoms with van der Waals surface area (Å²) >= 11 is 6.42. The Hall–Kier alpha value is -5.75. The number of nitrogens with one attached hydrogen (secondary N) is 2. The third kappa shape index (κ3) is 8.45. The van der Waals surface area contributed by atoms with Crippen LogP contribution in [0.15, 0.2) is 48.5 Å². The Kier molecular flexibility index (Phi) is 11.6. The molecule has 6 fully saturated rings. The fraction of sp³-hybridized carbons (Fsp3) is 0.481. The molecular weight excluding hydrogens is 923 g/mol. The lowest BCUT2D eigenvalue weighted by molar-refractivity contribution is -0.136. The van der Waals surface area contributed by atoms with E-state index in [4.69, 9.17) is 21.3 Å². The molecular formula is C52H55ClF3N9O5. The molecule has 14 nitrogen and oxygen atoms in total. The van der Waals surface area contributed by atoms with E-state index in [-0.39, 0.29) is 74.4 Å². The molecule has 7 aliphatic rings. The number of amides is 3. The van der Waals surface area contributed by atoms with Crippen LogP contribution >= 0.6 is 11.6 Å². The lowest BCUT2D eigenvalue weighted by Crippen LogP contribution is -2.52. The number of imide groups is 1. The van der Waals surface area contributed by atoms with Crippen molar-refractivity contribution < 1.29 is 37.4 Å². The van der Waals surface area contributed by atoms with Crippen molar-refractivity contribution in [2.75, 3.05) is 81.9 Å². The van der Waals surface area contributed by atoms with Gasteiger partial charge in [-0.1, -0.05) is 17.7 Å². The average Bonchev–Trinajstić information content (AvgIpc) is 3.92. The molecule has 366 valence electrons. The Morgan fingerprint density at radius 3 is 2.33 bits per heavy atom. The number of anilines is 2. The van der Waals surface area contributed by atoms with Crippen LogP contribution in [0.2, 0.25) is 5.02 Å². The number of carbonyl (C=O) groups is 3. The molecule has 1 saturated carbocycles. The van der Waals surface area contributed by atoms with Crippen molar-refractivity contribution in [2.24, 2.45) is 11.3 Å². The first-order chi connectivity index (χ1) is 33.8. The molecule has 6 aliphatic heterocycles. The zero-order valence-corrected chi connectivity index (χ0v) is 39.5. The molecule has 0 spiro atoms. The highest BCUT2D eigenvalue weighted by molar-refractivity contribution is 6.37. The van der Waals surface area contributed by atoms with Gasteiger partial charge < -0.3 is 34.8 Å². The Labute approximate surface area is 408 Å². The first-order valence-corrected chi connectivity index (χ1v) is 25.1. The van der Waals surface area contributed by atoms with Gasteiger partial charge in [0.2, 0.25) is 11.8 Å². The fourth-order valence-corrected chi connectivity index (χ4v) is 12.4. The van der Waals surface area contributed by atoms with Gasteiger partial charge in [0.1, 0.15) is 34.8 Å². The molecule has 1 aliphatic carbocycles. The highest BCUT2D eigenvalue weighted by Crippen LogP contribution is 2.48. The topological polar surface area (TPSA) is 147 Å². The zero-order chi connectivity index (χ0) is 48.0. The maximum absolute atomic E-state index is 17.1. The first kappa shape index (κ1) is 45.4. The van der Waals surface area contributed by atoms with E-state index in [9.17, 15) is 23.9 Å². The van der Waals surface area contributed by atoms with Crippen LogP contribution < -0.4 is 25.2 Å². The number of ether oxygens (including phenoxy) is 1. The number of rotatable bonds is 11. The summed E-state index contributed by atoms with van der Waals surface area (Å²) in [5.41, 5.74) is 1.86. The number of nitrogens with zero attached hydrogens (tertiary/aromatic N) is 7. The third-order valence-corrected chi connectivity index (χ3v) is 16.5. The van der Waals surface area contributed by atoms with Crippen LogP contribution in [0.25, 0.3) is 32.8 Å². The summed E-state index contributed by atoms with van der Waals surface area (Å²) in [6, 6.07) is 12.2. The summed E-state index contributed by atoms with van der Waals surface area (Å²) in [5.74, 6) is -2.73. The normalized spacial score (nSPS) is 24.0. The van der Waals surface area contributed by atoms with Crippen LogP contribution in [0.5, 0.6) is 11.8 Å². The molecule has 70 heavy (non-hydrogen) atoms. The van der Waals surface area contributed by atoms with Gasteiger partial charge in [-0.15, -0.1) is 0 Å². The van der Waals surface area contributed by atoms with E-state index in [1.165, 1.54) is 24.3 Å². The summed E-state index contributed by atoms with van der Waals surface area (Å²) < 4.78 is 54.8. The molecule has 3 atom stereocenters. The van der Waals surface area contributed by atoms with Crippen LogP contribution in [0.1, 0.15) is 67.3 Å². The molecule has 0 radical (unpaired) electrons.